The molecule has 0 aliphatic rings. The van der Waals surface area contributed by atoms with Crippen molar-refractivity contribution in [2.75, 3.05) is 0 Å². The van der Waals surface area contributed by atoms with Gasteiger partial charge in [-0.2, -0.15) is 0 Å². The Kier molecular flexibility index (Phi) is 8.04. The topological polar surface area (TPSA) is 79.5 Å². The number of carbonyl (C=O) groups excluding carboxylic acids is 2. The fraction of sp³-hybridized carbons (Fsp3) is 0.211. The van der Waals surface area contributed by atoms with Crippen molar-refractivity contribution in [2.24, 2.45) is 0 Å². The molecule has 28 heavy (non-hydrogen) atoms. The SMILES string of the molecule is CCC(C)Oc1cccc(C(=O)NC(=S)NNC(=O)c2ccc(Cl)cc2Cl)c1. The van der Waals surface area contributed by atoms with E-state index < -0.39 is 11.8 Å². The maximum atomic E-state index is 12.3. The minimum Gasteiger partial charge on any atom is -0.491 e. The van der Waals surface area contributed by atoms with Crippen LogP contribution in [0.1, 0.15) is 41.0 Å². The third kappa shape index (κ3) is 6.37. The van der Waals surface area contributed by atoms with Crippen molar-refractivity contribution in [1.29, 1.82) is 0 Å². The first kappa shape index (κ1) is 21.9. The molecule has 0 saturated carbocycles. The Morgan fingerprint density at radius 2 is 1.86 bits per heavy atom. The lowest BCUT2D eigenvalue weighted by Crippen LogP contribution is -2.48. The van der Waals surface area contributed by atoms with E-state index in [4.69, 9.17) is 40.2 Å². The summed E-state index contributed by atoms with van der Waals surface area (Å²) in [4.78, 5) is 24.4. The maximum absolute atomic E-state index is 12.3. The number of carbonyl (C=O) groups is 2. The van der Waals surface area contributed by atoms with Gasteiger partial charge in [-0.25, -0.2) is 0 Å². The van der Waals surface area contributed by atoms with Crippen molar-refractivity contribution >= 4 is 52.3 Å². The third-order valence-corrected chi connectivity index (χ3v) is 4.45. The molecule has 1 unspecified atom stereocenters. The van der Waals surface area contributed by atoms with Crippen LogP contribution in [-0.4, -0.2) is 23.0 Å². The predicted octanol–water partition coefficient (Wildman–Crippen LogP) is 4.12. The first-order valence-electron chi connectivity index (χ1n) is 8.43. The van der Waals surface area contributed by atoms with E-state index in [1.807, 2.05) is 13.8 Å². The van der Waals surface area contributed by atoms with Crippen LogP contribution in [0, 0.1) is 0 Å². The van der Waals surface area contributed by atoms with Crippen LogP contribution in [0.2, 0.25) is 10.0 Å². The minimum atomic E-state index is -0.526. The lowest BCUT2D eigenvalue weighted by Gasteiger charge is -2.14. The molecule has 6 nitrogen and oxygen atoms in total. The quantitative estimate of drug-likeness (QED) is 0.482. The molecular formula is C19H19Cl2N3O3S. The Balaban J connectivity index is 1.91. The Bertz CT molecular complexity index is 892. The van der Waals surface area contributed by atoms with Gasteiger partial charge in [-0.1, -0.05) is 36.2 Å². The van der Waals surface area contributed by atoms with Gasteiger partial charge < -0.3 is 4.74 Å². The number of hydrogen-bond acceptors (Lipinski definition) is 4. The molecule has 0 bridgehead atoms. The summed E-state index contributed by atoms with van der Waals surface area (Å²) in [6.45, 7) is 3.96. The van der Waals surface area contributed by atoms with E-state index in [1.54, 1.807) is 24.3 Å². The first-order valence-corrected chi connectivity index (χ1v) is 9.60. The molecule has 1 atom stereocenters. The summed E-state index contributed by atoms with van der Waals surface area (Å²) in [6, 6.07) is 11.2. The van der Waals surface area contributed by atoms with Gasteiger partial charge in [0.2, 0.25) is 0 Å². The molecule has 2 aromatic rings. The second-order valence-electron chi connectivity index (χ2n) is 5.85. The fourth-order valence-electron chi connectivity index (χ4n) is 2.09. The van der Waals surface area contributed by atoms with Crippen molar-refractivity contribution in [1.82, 2.24) is 16.2 Å². The number of rotatable bonds is 5. The van der Waals surface area contributed by atoms with E-state index >= 15 is 0 Å². The van der Waals surface area contributed by atoms with Crippen LogP contribution in [0.15, 0.2) is 42.5 Å². The zero-order chi connectivity index (χ0) is 20.7. The summed E-state index contributed by atoms with van der Waals surface area (Å²) in [5.74, 6) is -0.375. The molecule has 0 spiro atoms. The number of thiocarbonyl (C=S) groups is 1. The Morgan fingerprint density at radius 1 is 1.11 bits per heavy atom. The second-order valence-corrected chi connectivity index (χ2v) is 7.10. The maximum Gasteiger partial charge on any atom is 0.271 e. The van der Waals surface area contributed by atoms with Gasteiger partial charge in [0.15, 0.2) is 5.11 Å². The van der Waals surface area contributed by atoms with Crippen LogP contribution in [0.25, 0.3) is 0 Å². The smallest absolute Gasteiger partial charge is 0.271 e. The van der Waals surface area contributed by atoms with Gasteiger partial charge in [0, 0.05) is 10.6 Å². The Labute approximate surface area is 178 Å². The molecule has 0 heterocycles. The van der Waals surface area contributed by atoms with Crippen LogP contribution in [0.4, 0.5) is 0 Å². The van der Waals surface area contributed by atoms with E-state index in [9.17, 15) is 9.59 Å². The average Bonchev–Trinajstić information content (AvgIpc) is 2.66. The van der Waals surface area contributed by atoms with Crippen LogP contribution in [-0.2, 0) is 0 Å². The molecule has 2 amide bonds. The highest BCUT2D eigenvalue weighted by atomic mass is 35.5. The Hall–Kier alpha value is -2.35. The van der Waals surface area contributed by atoms with Crippen LogP contribution in [0.3, 0.4) is 0 Å². The lowest BCUT2D eigenvalue weighted by atomic mass is 10.2. The van der Waals surface area contributed by atoms with Crippen molar-refractivity contribution in [2.45, 2.75) is 26.4 Å². The number of amides is 2. The molecule has 0 radical (unpaired) electrons. The highest BCUT2D eigenvalue weighted by Crippen LogP contribution is 2.20. The van der Waals surface area contributed by atoms with Crippen LogP contribution < -0.4 is 20.9 Å². The lowest BCUT2D eigenvalue weighted by molar-refractivity contribution is 0.0934. The van der Waals surface area contributed by atoms with Gasteiger partial charge in [0.25, 0.3) is 11.8 Å². The van der Waals surface area contributed by atoms with Crippen LogP contribution in [0.5, 0.6) is 5.75 Å². The summed E-state index contributed by atoms with van der Waals surface area (Å²) < 4.78 is 5.70. The number of hydrazine groups is 1. The van der Waals surface area contributed by atoms with E-state index in [0.29, 0.717) is 16.3 Å². The van der Waals surface area contributed by atoms with Crippen molar-refractivity contribution in [3.63, 3.8) is 0 Å². The second kappa shape index (κ2) is 10.3. The zero-order valence-corrected chi connectivity index (χ0v) is 17.5. The van der Waals surface area contributed by atoms with E-state index in [0.717, 1.165) is 6.42 Å². The van der Waals surface area contributed by atoms with E-state index in [2.05, 4.69) is 16.2 Å². The largest absolute Gasteiger partial charge is 0.491 e. The molecule has 2 rings (SSSR count). The summed E-state index contributed by atoms with van der Waals surface area (Å²) in [6.07, 6.45) is 0.887. The zero-order valence-electron chi connectivity index (χ0n) is 15.2. The van der Waals surface area contributed by atoms with Crippen molar-refractivity contribution in [3.05, 3.63) is 63.6 Å². The molecule has 2 aromatic carbocycles. The number of ether oxygens (including phenoxy) is 1. The normalized spacial score (nSPS) is 11.3. The van der Waals surface area contributed by atoms with Gasteiger partial charge in [-0.3, -0.25) is 25.8 Å². The number of halogens is 2. The highest BCUT2D eigenvalue weighted by Gasteiger charge is 2.13. The van der Waals surface area contributed by atoms with Gasteiger partial charge in [-0.05, 0) is 62.0 Å². The van der Waals surface area contributed by atoms with Crippen LogP contribution >= 0.6 is 35.4 Å². The molecule has 0 fully saturated rings. The molecule has 9 heteroatoms. The minimum absolute atomic E-state index is 0.0379. The van der Waals surface area contributed by atoms with Crippen molar-refractivity contribution < 1.29 is 14.3 Å². The van der Waals surface area contributed by atoms with Gasteiger partial charge in [0.1, 0.15) is 5.75 Å². The average molecular weight is 440 g/mol. The van der Waals surface area contributed by atoms with E-state index in [-0.39, 0.29) is 21.8 Å². The summed E-state index contributed by atoms with van der Waals surface area (Å²) in [5, 5.41) is 3.01. The molecule has 148 valence electrons. The predicted molar refractivity (Wildman–Crippen MR) is 114 cm³/mol. The number of benzene rings is 2. The summed E-state index contributed by atoms with van der Waals surface area (Å²) in [7, 11) is 0. The molecule has 0 aliphatic carbocycles. The number of nitrogens with one attached hydrogen (secondary N) is 3. The summed E-state index contributed by atoms with van der Waals surface area (Å²) >= 11 is 16.8. The molecule has 0 aromatic heterocycles. The van der Waals surface area contributed by atoms with Crippen molar-refractivity contribution in [3.8, 4) is 5.75 Å². The molecular weight excluding hydrogens is 421 g/mol. The number of hydrogen-bond donors (Lipinski definition) is 3. The third-order valence-electron chi connectivity index (χ3n) is 3.70. The fourth-order valence-corrected chi connectivity index (χ4v) is 2.73. The highest BCUT2D eigenvalue weighted by molar-refractivity contribution is 7.80. The van der Waals surface area contributed by atoms with Gasteiger partial charge >= 0.3 is 0 Å². The summed E-state index contributed by atoms with van der Waals surface area (Å²) in [5.41, 5.74) is 5.40. The standard InChI is InChI=1S/C19H19Cl2N3O3S/c1-3-11(2)27-14-6-4-5-12(9-14)17(25)22-19(28)24-23-18(26)15-8-7-13(20)10-16(15)21/h4-11H,3H2,1-2H3,(H,23,26)(H2,22,24,25,28). The molecule has 0 aliphatic heterocycles. The molecule has 3 N–H and O–H groups in total. The first-order chi connectivity index (χ1) is 13.3. The van der Waals surface area contributed by atoms with Gasteiger partial charge in [0.05, 0.1) is 16.7 Å². The monoisotopic (exact) mass is 439 g/mol. The van der Waals surface area contributed by atoms with E-state index in [1.165, 1.54) is 18.2 Å². The molecule has 0 saturated heterocycles. The Morgan fingerprint density at radius 3 is 2.54 bits per heavy atom. The van der Waals surface area contributed by atoms with Gasteiger partial charge in [-0.15, -0.1) is 0 Å².